The maximum absolute atomic E-state index is 13.2. The van der Waals surface area contributed by atoms with E-state index in [1.54, 1.807) is 31.4 Å². The van der Waals surface area contributed by atoms with Crippen LogP contribution in [0.15, 0.2) is 42.5 Å². The van der Waals surface area contributed by atoms with Crippen LogP contribution in [0.25, 0.3) is 11.1 Å². The molecule has 0 aliphatic heterocycles. The molecule has 0 N–H and O–H groups in total. The van der Waals surface area contributed by atoms with Gasteiger partial charge in [0.2, 0.25) is 0 Å². The molecule has 2 rings (SSSR count). The number of nitrogens with zero attached hydrogens (tertiary/aromatic N) is 1. The van der Waals surface area contributed by atoms with Gasteiger partial charge in [-0.1, -0.05) is 12.1 Å². The van der Waals surface area contributed by atoms with Gasteiger partial charge in [0.15, 0.2) is 0 Å². The van der Waals surface area contributed by atoms with E-state index in [4.69, 9.17) is 10.00 Å². The molecule has 3 heteroatoms. The van der Waals surface area contributed by atoms with E-state index in [9.17, 15) is 4.39 Å². The Kier molecular flexibility index (Phi) is 3.06. The fourth-order valence-corrected chi connectivity index (χ4v) is 1.62. The van der Waals surface area contributed by atoms with Crippen molar-refractivity contribution in [1.29, 1.82) is 5.26 Å². The number of benzene rings is 2. The summed E-state index contributed by atoms with van der Waals surface area (Å²) in [6.07, 6.45) is 0. The van der Waals surface area contributed by atoms with Crippen LogP contribution < -0.4 is 4.74 Å². The van der Waals surface area contributed by atoms with E-state index < -0.39 is 0 Å². The van der Waals surface area contributed by atoms with Gasteiger partial charge >= 0.3 is 0 Å². The standard InChI is InChI=1S/C14H10FNO/c1-17-13-6-3-10(4-7-13)14-8-12(15)5-2-11(14)9-16/h2-8H,1H3. The van der Waals surface area contributed by atoms with E-state index >= 15 is 0 Å². The molecule has 0 radical (unpaired) electrons. The van der Waals surface area contributed by atoms with Gasteiger partial charge in [0, 0.05) is 5.56 Å². The summed E-state index contributed by atoms with van der Waals surface area (Å²) in [5.74, 6) is 0.374. The Hall–Kier alpha value is -2.34. The first-order valence-corrected chi connectivity index (χ1v) is 5.08. The number of rotatable bonds is 2. The predicted octanol–water partition coefficient (Wildman–Crippen LogP) is 3.37. The second-order valence-corrected chi connectivity index (χ2v) is 3.53. The fraction of sp³-hybridized carbons (Fsp3) is 0.0714. The third-order valence-corrected chi connectivity index (χ3v) is 2.50. The molecule has 0 aromatic heterocycles. The quantitative estimate of drug-likeness (QED) is 0.788. The number of ether oxygens (including phenoxy) is 1. The Morgan fingerprint density at radius 3 is 2.41 bits per heavy atom. The van der Waals surface area contributed by atoms with E-state index in [1.807, 2.05) is 0 Å². The molecule has 0 unspecified atom stereocenters. The summed E-state index contributed by atoms with van der Waals surface area (Å²) in [7, 11) is 1.58. The maximum Gasteiger partial charge on any atom is 0.123 e. The molecule has 2 aromatic rings. The summed E-state index contributed by atoms with van der Waals surface area (Å²) >= 11 is 0. The van der Waals surface area contributed by atoms with Crippen LogP contribution in [0.3, 0.4) is 0 Å². The smallest absolute Gasteiger partial charge is 0.123 e. The first-order chi connectivity index (χ1) is 8.24. The average Bonchev–Trinajstić information content (AvgIpc) is 2.39. The number of hydrogen-bond acceptors (Lipinski definition) is 2. The highest BCUT2D eigenvalue weighted by Crippen LogP contribution is 2.26. The second-order valence-electron chi connectivity index (χ2n) is 3.53. The number of methoxy groups -OCH3 is 1. The zero-order valence-corrected chi connectivity index (χ0v) is 9.27. The monoisotopic (exact) mass is 227 g/mol. The van der Waals surface area contributed by atoms with Gasteiger partial charge in [0.25, 0.3) is 0 Å². The fourth-order valence-electron chi connectivity index (χ4n) is 1.62. The van der Waals surface area contributed by atoms with Gasteiger partial charge in [-0.3, -0.25) is 0 Å². The minimum atomic E-state index is -0.352. The van der Waals surface area contributed by atoms with Gasteiger partial charge in [-0.2, -0.15) is 5.26 Å². The largest absolute Gasteiger partial charge is 0.497 e. The minimum absolute atomic E-state index is 0.352. The summed E-state index contributed by atoms with van der Waals surface area (Å²) in [4.78, 5) is 0. The summed E-state index contributed by atoms with van der Waals surface area (Å²) in [6, 6.07) is 13.3. The molecular weight excluding hydrogens is 217 g/mol. The Morgan fingerprint density at radius 1 is 1.12 bits per heavy atom. The molecule has 84 valence electrons. The van der Waals surface area contributed by atoms with Gasteiger partial charge < -0.3 is 4.74 Å². The number of nitriles is 1. The summed E-state index contributed by atoms with van der Waals surface area (Å²) in [5.41, 5.74) is 1.84. The normalized spacial score (nSPS) is 9.71. The highest BCUT2D eigenvalue weighted by atomic mass is 19.1. The third-order valence-electron chi connectivity index (χ3n) is 2.50. The van der Waals surface area contributed by atoms with Crippen LogP contribution in [0.1, 0.15) is 5.56 Å². The first kappa shape index (κ1) is 11.2. The Bertz CT molecular complexity index is 570. The van der Waals surface area contributed by atoms with Crippen LogP contribution >= 0.6 is 0 Å². The van der Waals surface area contributed by atoms with Gasteiger partial charge in [0.1, 0.15) is 11.6 Å². The van der Waals surface area contributed by atoms with Gasteiger partial charge in [-0.25, -0.2) is 4.39 Å². The van der Waals surface area contributed by atoms with Crippen LogP contribution in [0.2, 0.25) is 0 Å². The van der Waals surface area contributed by atoms with Crippen molar-refractivity contribution in [1.82, 2.24) is 0 Å². The predicted molar refractivity (Wildman–Crippen MR) is 63.1 cm³/mol. The Balaban J connectivity index is 2.52. The molecule has 0 heterocycles. The number of halogens is 1. The molecular formula is C14H10FNO. The van der Waals surface area contributed by atoms with Crippen molar-refractivity contribution in [3.05, 3.63) is 53.8 Å². The lowest BCUT2D eigenvalue weighted by Gasteiger charge is -2.05. The van der Waals surface area contributed by atoms with E-state index in [-0.39, 0.29) is 5.82 Å². The molecule has 0 saturated heterocycles. The van der Waals surface area contributed by atoms with E-state index in [0.29, 0.717) is 11.1 Å². The molecule has 17 heavy (non-hydrogen) atoms. The van der Waals surface area contributed by atoms with Crippen LogP contribution in [-0.4, -0.2) is 7.11 Å². The lowest BCUT2D eigenvalue weighted by Crippen LogP contribution is -1.87. The lowest BCUT2D eigenvalue weighted by atomic mass is 10.0. The summed E-state index contributed by atoms with van der Waals surface area (Å²) in [6.45, 7) is 0. The van der Waals surface area contributed by atoms with Crippen molar-refractivity contribution >= 4 is 0 Å². The topological polar surface area (TPSA) is 33.0 Å². The molecule has 0 amide bonds. The first-order valence-electron chi connectivity index (χ1n) is 5.08. The van der Waals surface area contributed by atoms with Crippen molar-refractivity contribution in [2.45, 2.75) is 0 Å². The van der Waals surface area contributed by atoms with E-state index in [1.165, 1.54) is 18.2 Å². The van der Waals surface area contributed by atoms with Gasteiger partial charge in [0.05, 0.1) is 18.7 Å². The SMILES string of the molecule is COc1ccc(-c2cc(F)ccc2C#N)cc1. The number of hydrogen-bond donors (Lipinski definition) is 0. The molecule has 0 atom stereocenters. The molecule has 0 aliphatic rings. The zero-order chi connectivity index (χ0) is 12.3. The average molecular weight is 227 g/mol. The van der Waals surface area contributed by atoms with Gasteiger partial charge in [-0.15, -0.1) is 0 Å². The zero-order valence-electron chi connectivity index (χ0n) is 9.27. The maximum atomic E-state index is 13.2. The summed E-state index contributed by atoms with van der Waals surface area (Å²) in [5, 5.41) is 8.97. The van der Waals surface area contributed by atoms with Crippen LogP contribution in [-0.2, 0) is 0 Å². The van der Waals surface area contributed by atoms with E-state index in [2.05, 4.69) is 6.07 Å². The third kappa shape index (κ3) is 2.26. The van der Waals surface area contributed by atoms with Crippen LogP contribution in [0.4, 0.5) is 4.39 Å². The minimum Gasteiger partial charge on any atom is -0.497 e. The van der Waals surface area contributed by atoms with Crippen molar-refractivity contribution in [2.75, 3.05) is 7.11 Å². The molecule has 0 spiro atoms. The lowest BCUT2D eigenvalue weighted by molar-refractivity contribution is 0.415. The Morgan fingerprint density at radius 2 is 1.82 bits per heavy atom. The molecule has 2 nitrogen and oxygen atoms in total. The van der Waals surface area contributed by atoms with Gasteiger partial charge in [-0.05, 0) is 35.9 Å². The van der Waals surface area contributed by atoms with Crippen molar-refractivity contribution < 1.29 is 9.13 Å². The molecule has 0 saturated carbocycles. The van der Waals surface area contributed by atoms with Crippen molar-refractivity contribution in [3.8, 4) is 22.9 Å². The highest BCUT2D eigenvalue weighted by molar-refractivity contribution is 5.70. The summed E-state index contributed by atoms with van der Waals surface area (Å²) < 4.78 is 18.2. The molecule has 0 aliphatic carbocycles. The molecule has 0 bridgehead atoms. The van der Waals surface area contributed by atoms with Crippen molar-refractivity contribution in [2.24, 2.45) is 0 Å². The second kappa shape index (κ2) is 4.67. The Labute approximate surface area is 98.9 Å². The van der Waals surface area contributed by atoms with Crippen LogP contribution in [0.5, 0.6) is 5.75 Å². The molecule has 2 aromatic carbocycles. The van der Waals surface area contributed by atoms with Crippen LogP contribution in [0, 0.1) is 17.1 Å². The molecule has 0 fully saturated rings. The van der Waals surface area contributed by atoms with E-state index in [0.717, 1.165) is 11.3 Å². The van der Waals surface area contributed by atoms with Crippen molar-refractivity contribution in [3.63, 3.8) is 0 Å². The highest BCUT2D eigenvalue weighted by Gasteiger charge is 2.06.